The molecule has 0 amide bonds. The van der Waals surface area contributed by atoms with Crippen LogP contribution >= 0.6 is 0 Å². The molecule has 0 N–H and O–H groups in total. The van der Waals surface area contributed by atoms with Crippen molar-refractivity contribution in [1.82, 2.24) is 15.1 Å². The Morgan fingerprint density at radius 3 is 2.92 bits per heavy atom. The van der Waals surface area contributed by atoms with Crippen molar-refractivity contribution in [3.63, 3.8) is 0 Å². The van der Waals surface area contributed by atoms with Crippen LogP contribution in [0.2, 0.25) is 0 Å². The maximum atomic E-state index is 4.62. The largest absolute Gasteiger partial charge is 0.342 e. The molecule has 2 aromatic heterocycles. The third kappa shape index (κ3) is 1.07. The Balaban J connectivity index is 2.55. The van der Waals surface area contributed by atoms with Crippen LogP contribution < -0.4 is 0 Å². The van der Waals surface area contributed by atoms with E-state index in [0.717, 1.165) is 11.3 Å². The minimum atomic E-state index is 0.535. The Morgan fingerprint density at radius 1 is 1.33 bits per heavy atom. The Labute approximate surface area is 69.3 Å². The average Bonchev–Trinajstić information content (AvgIpc) is 2.57. The lowest BCUT2D eigenvalue weighted by atomic mass is 10.2. The zero-order valence-corrected chi connectivity index (χ0v) is 6.56. The third-order valence-electron chi connectivity index (χ3n) is 1.58. The van der Waals surface area contributed by atoms with Crippen LogP contribution in [0.15, 0.2) is 29.2 Å². The van der Waals surface area contributed by atoms with E-state index in [1.807, 2.05) is 19.1 Å². The van der Waals surface area contributed by atoms with Gasteiger partial charge in [0.1, 0.15) is 5.69 Å². The van der Waals surface area contributed by atoms with Crippen LogP contribution in [0.1, 0.15) is 5.56 Å². The molecule has 0 fully saturated rings. The second kappa shape index (κ2) is 2.73. The summed E-state index contributed by atoms with van der Waals surface area (Å²) in [6.07, 6.45) is 3.00. The Morgan fingerprint density at radius 2 is 2.25 bits per heavy atom. The van der Waals surface area contributed by atoms with E-state index in [0.29, 0.717) is 5.82 Å². The average molecular weight is 161 g/mol. The summed E-state index contributed by atoms with van der Waals surface area (Å²) in [5, 5.41) is 3.70. The molecule has 0 spiro atoms. The number of nitrogens with zero attached hydrogens (tertiary/aromatic N) is 3. The van der Waals surface area contributed by atoms with Gasteiger partial charge in [-0.25, -0.2) is 0 Å². The lowest BCUT2D eigenvalue weighted by Crippen LogP contribution is -1.88. The fourth-order valence-electron chi connectivity index (χ4n) is 0.995. The van der Waals surface area contributed by atoms with E-state index in [2.05, 4.69) is 19.6 Å². The predicted molar refractivity (Wildman–Crippen MR) is 42.3 cm³/mol. The molecule has 0 unspecified atom stereocenters. The minimum absolute atomic E-state index is 0.535. The maximum Gasteiger partial charge on any atom is 0.221 e. The third-order valence-corrected chi connectivity index (χ3v) is 1.58. The maximum absolute atomic E-state index is 4.62. The SMILES string of the molecule is Cc1cccnc1-c1ncon1. The summed E-state index contributed by atoms with van der Waals surface area (Å²) in [4.78, 5) is 8.04. The van der Waals surface area contributed by atoms with Gasteiger partial charge in [0.05, 0.1) is 0 Å². The quantitative estimate of drug-likeness (QED) is 0.635. The highest BCUT2D eigenvalue weighted by Gasteiger charge is 2.05. The van der Waals surface area contributed by atoms with Gasteiger partial charge in [-0.1, -0.05) is 11.2 Å². The van der Waals surface area contributed by atoms with Crippen molar-refractivity contribution in [2.75, 3.05) is 0 Å². The Kier molecular flexibility index (Phi) is 1.59. The van der Waals surface area contributed by atoms with Gasteiger partial charge in [-0.05, 0) is 18.6 Å². The van der Waals surface area contributed by atoms with Gasteiger partial charge in [0.2, 0.25) is 12.2 Å². The molecule has 4 heteroatoms. The summed E-state index contributed by atoms with van der Waals surface area (Å²) < 4.78 is 4.62. The van der Waals surface area contributed by atoms with E-state index >= 15 is 0 Å². The molecule has 0 radical (unpaired) electrons. The smallest absolute Gasteiger partial charge is 0.221 e. The normalized spacial score (nSPS) is 10.1. The first-order chi connectivity index (χ1) is 5.88. The van der Waals surface area contributed by atoms with Crippen molar-refractivity contribution < 1.29 is 4.52 Å². The van der Waals surface area contributed by atoms with Crippen LogP contribution in [0.3, 0.4) is 0 Å². The first-order valence-electron chi connectivity index (χ1n) is 3.56. The van der Waals surface area contributed by atoms with Gasteiger partial charge in [0, 0.05) is 6.20 Å². The zero-order chi connectivity index (χ0) is 8.39. The van der Waals surface area contributed by atoms with E-state index in [9.17, 15) is 0 Å². The molecule has 12 heavy (non-hydrogen) atoms. The molecule has 4 nitrogen and oxygen atoms in total. The second-order valence-electron chi connectivity index (χ2n) is 2.42. The van der Waals surface area contributed by atoms with Gasteiger partial charge in [0.25, 0.3) is 0 Å². The highest BCUT2D eigenvalue weighted by Crippen LogP contribution is 2.14. The highest BCUT2D eigenvalue weighted by atomic mass is 16.5. The van der Waals surface area contributed by atoms with Crippen LogP contribution in [0.4, 0.5) is 0 Å². The summed E-state index contributed by atoms with van der Waals surface area (Å²) in [6.45, 7) is 1.96. The summed E-state index contributed by atoms with van der Waals surface area (Å²) in [7, 11) is 0. The number of aromatic nitrogens is 3. The van der Waals surface area contributed by atoms with Gasteiger partial charge < -0.3 is 4.52 Å². The molecule has 0 saturated carbocycles. The number of hydrogen-bond donors (Lipinski definition) is 0. The molecule has 0 saturated heterocycles. The molecule has 0 aliphatic rings. The van der Waals surface area contributed by atoms with E-state index in [4.69, 9.17) is 0 Å². The van der Waals surface area contributed by atoms with Crippen LogP contribution in [-0.4, -0.2) is 15.1 Å². The van der Waals surface area contributed by atoms with Crippen molar-refractivity contribution in [2.24, 2.45) is 0 Å². The molecule has 0 aliphatic heterocycles. The standard InChI is InChI=1S/C8H7N3O/c1-6-3-2-4-9-7(6)8-10-5-12-11-8/h2-5H,1H3. The van der Waals surface area contributed by atoms with Crippen molar-refractivity contribution in [3.8, 4) is 11.5 Å². The van der Waals surface area contributed by atoms with Gasteiger partial charge in [-0.3, -0.25) is 4.98 Å². The van der Waals surface area contributed by atoms with Crippen LogP contribution in [0, 0.1) is 6.92 Å². The first kappa shape index (κ1) is 6.97. The molecule has 0 aromatic carbocycles. The van der Waals surface area contributed by atoms with Crippen molar-refractivity contribution in [1.29, 1.82) is 0 Å². The molecule has 2 aromatic rings. The highest BCUT2D eigenvalue weighted by molar-refractivity contribution is 5.52. The Bertz CT molecular complexity index is 370. The van der Waals surface area contributed by atoms with E-state index in [1.165, 1.54) is 6.39 Å². The molecule has 0 atom stereocenters. The molecule has 2 rings (SSSR count). The van der Waals surface area contributed by atoms with E-state index in [1.54, 1.807) is 6.20 Å². The van der Waals surface area contributed by atoms with Crippen molar-refractivity contribution in [2.45, 2.75) is 6.92 Å². The van der Waals surface area contributed by atoms with Crippen molar-refractivity contribution in [3.05, 3.63) is 30.3 Å². The van der Waals surface area contributed by atoms with Gasteiger partial charge >= 0.3 is 0 Å². The molecule has 0 aliphatic carbocycles. The van der Waals surface area contributed by atoms with Crippen LogP contribution in [0.5, 0.6) is 0 Å². The number of pyridine rings is 1. The lowest BCUT2D eigenvalue weighted by molar-refractivity contribution is 0.418. The first-order valence-corrected chi connectivity index (χ1v) is 3.56. The molecular formula is C8H7N3O. The predicted octanol–water partition coefficient (Wildman–Crippen LogP) is 1.44. The number of aryl methyl sites for hydroxylation is 1. The number of hydrogen-bond acceptors (Lipinski definition) is 4. The fourth-order valence-corrected chi connectivity index (χ4v) is 0.995. The molecule has 0 bridgehead atoms. The molecule has 60 valence electrons. The van der Waals surface area contributed by atoms with Gasteiger partial charge in [-0.2, -0.15) is 4.98 Å². The monoisotopic (exact) mass is 161 g/mol. The minimum Gasteiger partial charge on any atom is -0.342 e. The lowest BCUT2D eigenvalue weighted by Gasteiger charge is -1.96. The molecule has 2 heterocycles. The summed E-state index contributed by atoms with van der Waals surface area (Å²) >= 11 is 0. The topological polar surface area (TPSA) is 51.8 Å². The summed E-state index contributed by atoms with van der Waals surface area (Å²) in [5.41, 5.74) is 1.81. The number of rotatable bonds is 1. The van der Waals surface area contributed by atoms with Crippen molar-refractivity contribution >= 4 is 0 Å². The van der Waals surface area contributed by atoms with Crippen LogP contribution in [-0.2, 0) is 0 Å². The summed E-state index contributed by atoms with van der Waals surface area (Å²) in [5.74, 6) is 0.535. The Hall–Kier alpha value is -1.71. The van der Waals surface area contributed by atoms with Gasteiger partial charge in [-0.15, -0.1) is 0 Å². The van der Waals surface area contributed by atoms with E-state index in [-0.39, 0.29) is 0 Å². The zero-order valence-electron chi connectivity index (χ0n) is 6.56. The van der Waals surface area contributed by atoms with Crippen LogP contribution in [0.25, 0.3) is 11.5 Å². The van der Waals surface area contributed by atoms with Gasteiger partial charge in [0.15, 0.2) is 0 Å². The second-order valence-corrected chi connectivity index (χ2v) is 2.42. The van der Waals surface area contributed by atoms with E-state index < -0.39 is 0 Å². The summed E-state index contributed by atoms with van der Waals surface area (Å²) in [6, 6.07) is 3.83. The fraction of sp³-hybridized carbons (Fsp3) is 0.125. The molecular weight excluding hydrogens is 154 g/mol.